The molecule has 3 fully saturated rings. The first kappa shape index (κ1) is 18.2. The average Bonchev–Trinajstić information content (AvgIpc) is 3.00. The van der Waals surface area contributed by atoms with Crippen LogP contribution in [0.25, 0.3) is 0 Å². The molecule has 5 aliphatic rings. The first-order valence-corrected chi connectivity index (χ1v) is 11.7. The zero-order chi connectivity index (χ0) is 13.8. The van der Waals surface area contributed by atoms with Crippen molar-refractivity contribution in [2.45, 2.75) is 32.9 Å². The summed E-state index contributed by atoms with van der Waals surface area (Å²) in [5.41, 5.74) is 0. The Morgan fingerprint density at radius 1 is 0.609 bits per heavy atom. The molecule has 5 rings (SSSR count). The molecular weight excluding hydrogens is 402 g/mol. The van der Waals surface area contributed by atoms with Gasteiger partial charge in [-0.1, -0.05) is 0 Å². The molecule has 23 heavy (non-hydrogen) atoms. The van der Waals surface area contributed by atoms with Crippen molar-refractivity contribution in [3.8, 4) is 0 Å². The molecule has 0 N–H and O–H groups in total. The molecule has 8 unspecified atom stereocenters. The average molecular weight is 427 g/mol. The molecule has 3 heteroatoms. The van der Waals surface area contributed by atoms with Crippen LogP contribution >= 0.6 is 0 Å². The van der Waals surface area contributed by atoms with Crippen molar-refractivity contribution in [3.05, 3.63) is 48.6 Å². The van der Waals surface area contributed by atoms with E-state index in [4.69, 9.17) is 0 Å². The smallest absolute Gasteiger partial charge is 1.00 e. The van der Waals surface area contributed by atoms with E-state index in [1.165, 1.54) is 12.8 Å². The molecular formula is C20H24Cl2Zr. The van der Waals surface area contributed by atoms with Gasteiger partial charge in [-0.25, -0.2) is 0 Å². The van der Waals surface area contributed by atoms with Crippen molar-refractivity contribution in [2.75, 3.05) is 0 Å². The molecule has 0 aromatic heterocycles. The first-order chi connectivity index (χ1) is 10.4. The van der Waals surface area contributed by atoms with Crippen LogP contribution in [0.2, 0.25) is 7.25 Å². The number of rotatable bonds is 0. The van der Waals surface area contributed by atoms with Crippen LogP contribution in [0.3, 0.4) is 0 Å². The number of hydrogen-bond acceptors (Lipinski definition) is 0. The number of allylic oxidation sites excluding steroid dienone is 8. The Bertz CT molecular complexity index is 502. The van der Waals surface area contributed by atoms with E-state index >= 15 is 0 Å². The summed E-state index contributed by atoms with van der Waals surface area (Å²) in [4.78, 5) is 0. The molecule has 122 valence electrons. The third-order valence-electron chi connectivity index (χ3n) is 6.88. The summed E-state index contributed by atoms with van der Waals surface area (Å²) in [5, 5.41) is 0. The predicted molar refractivity (Wildman–Crippen MR) is 83.5 cm³/mol. The Hall–Kier alpha value is 0.423. The quantitative estimate of drug-likeness (QED) is 0.476. The fourth-order valence-corrected chi connectivity index (χ4v) is 12.7. The molecule has 0 aromatic rings. The molecule has 4 aliphatic carbocycles. The van der Waals surface area contributed by atoms with Gasteiger partial charge in [-0.15, -0.1) is 0 Å². The van der Waals surface area contributed by atoms with Crippen molar-refractivity contribution < 1.29 is 48.0 Å². The van der Waals surface area contributed by atoms with Crippen molar-refractivity contribution in [2.24, 2.45) is 35.5 Å². The topological polar surface area (TPSA) is 0 Å². The van der Waals surface area contributed by atoms with E-state index in [0.29, 0.717) is 0 Å². The van der Waals surface area contributed by atoms with E-state index in [1.54, 1.807) is 12.8 Å². The number of halogens is 2. The van der Waals surface area contributed by atoms with E-state index < -0.39 is 0 Å². The van der Waals surface area contributed by atoms with Crippen LogP contribution in [0.4, 0.5) is 0 Å². The number of hydrogen-bond donors (Lipinski definition) is 0. The normalized spacial score (nSPS) is 47.7. The zero-order valence-corrected chi connectivity index (χ0v) is 17.3. The minimum atomic E-state index is -0.301. The summed E-state index contributed by atoms with van der Waals surface area (Å²) in [6.07, 6.45) is 25.6. The second-order valence-corrected chi connectivity index (χ2v) is 11.9. The Balaban J connectivity index is 0.000000781. The van der Waals surface area contributed by atoms with Gasteiger partial charge in [-0.05, 0) is 0 Å². The van der Waals surface area contributed by atoms with E-state index in [9.17, 15) is 0 Å². The molecule has 0 aromatic carbocycles. The summed E-state index contributed by atoms with van der Waals surface area (Å²) in [6, 6.07) is 0. The maximum Gasteiger partial charge on any atom is -1.00 e. The van der Waals surface area contributed by atoms with Crippen LogP contribution in [0.1, 0.15) is 25.7 Å². The van der Waals surface area contributed by atoms with E-state index in [0.717, 1.165) is 42.8 Å². The van der Waals surface area contributed by atoms with Gasteiger partial charge in [-0.3, -0.25) is 0 Å². The molecule has 0 spiro atoms. The summed E-state index contributed by atoms with van der Waals surface area (Å²) < 4.78 is 2.29. The van der Waals surface area contributed by atoms with Gasteiger partial charge in [0.15, 0.2) is 0 Å². The van der Waals surface area contributed by atoms with Gasteiger partial charge in [0.1, 0.15) is 0 Å². The Morgan fingerprint density at radius 3 is 1.52 bits per heavy atom. The summed E-state index contributed by atoms with van der Waals surface area (Å²) >= 11 is -0.301. The van der Waals surface area contributed by atoms with Crippen LogP contribution in [0.5, 0.6) is 0 Å². The fourth-order valence-electron chi connectivity index (χ4n) is 5.94. The maximum absolute atomic E-state index is 2.58. The van der Waals surface area contributed by atoms with Gasteiger partial charge in [-0.2, -0.15) is 0 Å². The monoisotopic (exact) mass is 424 g/mol. The van der Waals surface area contributed by atoms with Crippen molar-refractivity contribution >= 4 is 0 Å². The molecule has 0 amide bonds. The van der Waals surface area contributed by atoms with Crippen molar-refractivity contribution in [1.82, 2.24) is 0 Å². The van der Waals surface area contributed by atoms with Crippen molar-refractivity contribution in [3.63, 3.8) is 0 Å². The molecule has 0 radical (unpaired) electrons. The molecule has 1 aliphatic heterocycles. The molecule has 8 atom stereocenters. The van der Waals surface area contributed by atoms with E-state index in [1.807, 2.05) is 0 Å². The van der Waals surface area contributed by atoms with Gasteiger partial charge >= 0.3 is 140 Å². The van der Waals surface area contributed by atoms with E-state index in [-0.39, 0.29) is 48.0 Å². The van der Waals surface area contributed by atoms with Gasteiger partial charge in [0.05, 0.1) is 0 Å². The Kier molecular flexibility index (Phi) is 5.82. The van der Waals surface area contributed by atoms with Gasteiger partial charge in [0.2, 0.25) is 0 Å². The second-order valence-electron chi connectivity index (χ2n) is 7.81. The van der Waals surface area contributed by atoms with E-state index in [2.05, 4.69) is 48.6 Å². The fraction of sp³-hybridized carbons (Fsp3) is 0.600. The van der Waals surface area contributed by atoms with Gasteiger partial charge < -0.3 is 24.8 Å². The first-order valence-electron chi connectivity index (χ1n) is 8.86. The van der Waals surface area contributed by atoms with Crippen molar-refractivity contribution in [1.29, 1.82) is 0 Å². The number of fused-ring (bicyclic) bond motifs is 6. The SMILES string of the molecule is C1=CC2CC3CCC4CC5C=CC=CC5[CH]4[Zr+2][CH]3C2C=C1.[Cl-].[Cl-]. The van der Waals surface area contributed by atoms with Gasteiger partial charge in [0, 0.05) is 0 Å². The minimum Gasteiger partial charge on any atom is -1.00 e. The molecule has 1 heterocycles. The third kappa shape index (κ3) is 3.04. The second kappa shape index (κ2) is 7.35. The largest absolute Gasteiger partial charge is 1.00 e. The Morgan fingerprint density at radius 2 is 1.04 bits per heavy atom. The van der Waals surface area contributed by atoms with Crippen LogP contribution in [-0.2, 0) is 23.2 Å². The predicted octanol–water partition coefficient (Wildman–Crippen LogP) is -0.796. The molecule has 0 nitrogen and oxygen atoms in total. The summed E-state index contributed by atoms with van der Waals surface area (Å²) in [6.45, 7) is 0. The van der Waals surface area contributed by atoms with Crippen LogP contribution in [-0.4, -0.2) is 0 Å². The van der Waals surface area contributed by atoms with Crippen LogP contribution < -0.4 is 24.8 Å². The van der Waals surface area contributed by atoms with Gasteiger partial charge in [0.25, 0.3) is 0 Å². The third-order valence-corrected chi connectivity index (χ3v) is 13.0. The van der Waals surface area contributed by atoms with Crippen LogP contribution in [0, 0.1) is 35.5 Å². The Labute approximate surface area is 164 Å². The standard InChI is InChI=1S/C20H24.2ClH.Zr/c1-2-6-18-12-15(11-17(18)5-1)9-10-16-13-19-7-3-4-8-20(19)14-16;;;/h1-8,11,13,15-20H,9-10,12,14H2;2*1H;/q;;;+2/p-2. The van der Waals surface area contributed by atoms with Crippen LogP contribution in [0.15, 0.2) is 48.6 Å². The zero-order valence-electron chi connectivity index (χ0n) is 13.3. The summed E-state index contributed by atoms with van der Waals surface area (Å²) in [7, 11) is 0. The molecule has 1 saturated heterocycles. The maximum atomic E-state index is 2.58. The molecule has 2 saturated carbocycles. The summed E-state index contributed by atoms with van der Waals surface area (Å²) in [5.74, 6) is 5.86. The molecule has 0 bridgehead atoms. The minimum absolute atomic E-state index is 0.